The van der Waals surface area contributed by atoms with Gasteiger partial charge in [-0.1, -0.05) is 43.1 Å². The molecule has 3 saturated carbocycles. The molecule has 2 unspecified atom stereocenters. The third kappa shape index (κ3) is 2.47. The maximum Gasteiger partial charge on any atom is 0.213 e. The van der Waals surface area contributed by atoms with Gasteiger partial charge in [0.25, 0.3) is 0 Å². The van der Waals surface area contributed by atoms with E-state index in [4.69, 9.17) is 23.2 Å². The molecule has 0 saturated heterocycles. The predicted octanol–water partition coefficient (Wildman–Crippen LogP) is 2.98. The number of hydrogen-bond donors (Lipinski definition) is 3. The Morgan fingerprint density at radius 3 is 2.45 bits per heavy atom. The molecule has 3 fully saturated rings. The number of allylic oxidation sites excluding steroid dienone is 4. The molecule has 5 nitrogen and oxygen atoms in total. The summed E-state index contributed by atoms with van der Waals surface area (Å²) in [6, 6.07) is 0. The third-order valence-electron chi connectivity index (χ3n) is 8.87. The molecule has 31 heavy (non-hydrogen) atoms. The first-order valence-corrected chi connectivity index (χ1v) is 11.1. The van der Waals surface area contributed by atoms with Crippen LogP contribution in [-0.4, -0.2) is 55.2 Å². The lowest BCUT2D eigenvalue weighted by molar-refractivity contribution is -0.220. The molecule has 0 aromatic rings. The lowest BCUT2D eigenvalue weighted by Crippen LogP contribution is -2.71. The number of fused-ring (bicyclic) bond motifs is 5. The topological polar surface area (TPSA) is 94.8 Å². The highest BCUT2D eigenvalue weighted by atomic mass is 35.5. The van der Waals surface area contributed by atoms with Crippen LogP contribution in [0.1, 0.15) is 40.0 Å². The number of hydrogen-bond acceptors (Lipinski definition) is 5. The molecular formula is C22H26Cl2F2O5. The molecule has 0 bridgehead atoms. The minimum absolute atomic E-state index is 0.228. The van der Waals surface area contributed by atoms with Gasteiger partial charge in [-0.05, 0) is 44.1 Å². The van der Waals surface area contributed by atoms with E-state index in [0.717, 1.165) is 6.08 Å². The first-order valence-electron chi connectivity index (χ1n) is 10.4. The normalized spacial score (nSPS) is 50.7. The SMILES string of the molecule is CC1C[C@H]2[C@@H]3CC(Cl)(Cl)C4=C(F)C(=O)C=C[C@]4(C)[C@@]3(F)C(O)C[C@]2(C)[C@@]1(O)C(=O)CO. The van der Waals surface area contributed by atoms with E-state index >= 15 is 4.39 Å². The van der Waals surface area contributed by atoms with Gasteiger partial charge in [0.1, 0.15) is 16.5 Å². The number of aliphatic hydroxyl groups excluding tert-OH is 2. The standard InChI is InChI=1S/C22H26Cl2F2O5/c1-10-6-11-12-7-20(23,24)17-16(25)13(28)4-5-18(17,2)21(12,26)14(29)8-19(11,3)22(10,31)15(30)9-27/h4-5,10-12,14,27,29,31H,6-9H2,1-3H3/t10?,11-,12-,14?,18-,19-,21-,22-/m0/s1. The Kier molecular flexibility index (Phi) is 4.96. The third-order valence-corrected chi connectivity index (χ3v) is 9.55. The lowest BCUT2D eigenvalue weighted by atomic mass is 9.44. The molecule has 0 heterocycles. The van der Waals surface area contributed by atoms with Crippen molar-refractivity contribution < 1.29 is 33.7 Å². The minimum Gasteiger partial charge on any atom is -0.390 e. The lowest BCUT2D eigenvalue weighted by Gasteiger charge is -2.64. The van der Waals surface area contributed by atoms with Crippen molar-refractivity contribution in [2.75, 3.05) is 6.61 Å². The Hall–Kier alpha value is -0.860. The Labute approximate surface area is 189 Å². The molecule has 9 heteroatoms. The van der Waals surface area contributed by atoms with E-state index in [9.17, 15) is 29.3 Å². The molecule has 172 valence electrons. The number of ketones is 2. The molecule has 3 N–H and O–H groups in total. The summed E-state index contributed by atoms with van der Waals surface area (Å²) in [5.41, 5.74) is -7.88. The number of carbonyl (C=O) groups is 2. The van der Waals surface area contributed by atoms with Crippen molar-refractivity contribution in [3.8, 4) is 0 Å². The monoisotopic (exact) mass is 478 g/mol. The van der Waals surface area contributed by atoms with Crippen molar-refractivity contribution >= 4 is 34.8 Å². The summed E-state index contributed by atoms with van der Waals surface area (Å²) in [4.78, 5) is 24.6. The van der Waals surface area contributed by atoms with Crippen molar-refractivity contribution in [3.05, 3.63) is 23.6 Å². The number of rotatable bonds is 2. The summed E-state index contributed by atoms with van der Waals surface area (Å²) < 4.78 is 30.1. The van der Waals surface area contributed by atoms with Gasteiger partial charge in [0.2, 0.25) is 5.78 Å². The molecule has 0 amide bonds. The average molecular weight is 479 g/mol. The smallest absolute Gasteiger partial charge is 0.213 e. The molecule has 4 aliphatic carbocycles. The zero-order valence-electron chi connectivity index (χ0n) is 17.5. The summed E-state index contributed by atoms with van der Waals surface area (Å²) >= 11 is 13.0. The summed E-state index contributed by atoms with van der Waals surface area (Å²) in [5.74, 6) is -5.28. The number of Topliss-reactive ketones (excluding diaryl/α,β-unsaturated/α-hetero) is 1. The molecule has 0 aromatic carbocycles. The summed E-state index contributed by atoms with van der Waals surface area (Å²) in [5, 5.41) is 32.1. The number of alkyl halides is 3. The van der Waals surface area contributed by atoms with Crippen LogP contribution in [0.25, 0.3) is 0 Å². The number of halogens is 4. The molecule has 0 aromatic heterocycles. The largest absolute Gasteiger partial charge is 0.390 e. The van der Waals surface area contributed by atoms with Gasteiger partial charge in [0, 0.05) is 22.3 Å². The van der Waals surface area contributed by atoms with Crippen molar-refractivity contribution in [1.29, 1.82) is 0 Å². The van der Waals surface area contributed by atoms with Crippen LogP contribution < -0.4 is 0 Å². The van der Waals surface area contributed by atoms with Crippen molar-refractivity contribution in [3.63, 3.8) is 0 Å². The highest BCUT2D eigenvalue weighted by Gasteiger charge is 2.78. The fourth-order valence-electron chi connectivity index (χ4n) is 7.39. The van der Waals surface area contributed by atoms with Gasteiger partial charge in [0.05, 0.1) is 6.10 Å². The van der Waals surface area contributed by atoms with Crippen LogP contribution in [0.2, 0.25) is 0 Å². The average Bonchev–Trinajstić information content (AvgIpc) is 2.88. The summed E-state index contributed by atoms with van der Waals surface area (Å²) in [7, 11) is 0. The first-order chi connectivity index (χ1) is 14.1. The van der Waals surface area contributed by atoms with Crippen LogP contribution in [-0.2, 0) is 9.59 Å². The fraction of sp³-hybridized carbons (Fsp3) is 0.727. The summed E-state index contributed by atoms with van der Waals surface area (Å²) in [6.45, 7) is 3.73. The van der Waals surface area contributed by atoms with Gasteiger partial charge in [-0.15, -0.1) is 0 Å². The Bertz CT molecular complexity index is 935. The molecule has 8 atom stereocenters. The van der Waals surface area contributed by atoms with Crippen LogP contribution in [0.15, 0.2) is 23.6 Å². The van der Waals surface area contributed by atoms with Crippen molar-refractivity contribution in [2.45, 2.75) is 61.7 Å². The van der Waals surface area contributed by atoms with Crippen LogP contribution in [0.3, 0.4) is 0 Å². The van der Waals surface area contributed by atoms with Crippen LogP contribution in [0.4, 0.5) is 8.78 Å². The Balaban J connectivity index is 1.93. The maximum absolute atomic E-state index is 17.1. The van der Waals surface area contributed by atoms with Gasteiger partial charge in [0.15, 0.2) is 17.3 Å². The number of carbonyl (C=O) groups excluding carboxylic acids is 2. The first kappa shape index (κ1) is 23.3. The van der Waals surface area contributed by atoms with E-state index in [-0.39, 0.29) is 19.3 Å². The second kappa shape index (κ2) is 6.60. The molecule has 4 rings (SSSR count). The van der Waals surface area contributed by atoms with Crippen LogP contribution in [0, 0.1) is 28.6 Å². The van der Waals surface area contributed by atoms with Gasteiger partial charge < -0.3 is 15.3 Å². The zero-order valence-corrected chi connectivity index (χ0v) is 19.0. The molecule has 4 aliphatic rings. The van der Waals surface area contributed by atoms with Crippen molar-refractivity contribution in [1.82, 2.24) is 0 Å². The fourth-order valence-corrected chi connectivity index (χ4v) is 8.28. The van der Waals surface area contributed by atoms with E-state index in [0.29, 0.717) is 0 Å². The van der Waals surface area contributed by atoms with E-state index in [1.54, 1.807) is 13.8 Å². The minimum atomic E-state index is -2.44. The highest BCUT2D eigenvalue weighted by molar-refractivity contribution is 6.51. The van der Waals surface area contributed by atoms with Gasteiger partial charge in [-0.3, -0.25) is 9.59 Å². The van der Waals surface area contributed by atoms with Crippen molar-refractivity contribution in [2.24, 2.45) is 28.6 Å². The predicted molar refractivity (Wildman–Crippen MR) is 110 cm³/mol. The second-order valence-electron chi connectivity index (χ2n) is 10.1. The van der Waals surface area contributed by atoms with E-state index < -0.39 is 79.9 Å². The van der Waals surface area contributed by atoms with Gasteiger partial charge >= 0.3 is 0 Å². The molecular weight excluding hydrogens is 453 g/mol. The quantitative estimate of drug-likeness (QED) is 0.530. The van der Waals surface area contributed by atoms with Gasteiger partial charge in [-0.2, -0.15) is 0 Å². The van der Waals surface area contributed by atoms with E-state index in [1.807, 2.05) is 0 Å². The zero-order chi connectivity index (χ0) is 23.4. The molecule has 0 aliphatic heterocycles. The van der Waals surface area contributed by atoms with E-state index in [1.165, 1.54) is 13.0 Å². The molecule has 0 spiro atoms. The van der Waals surface area contributed by atoms with Gasteiger partial charge in [-0.25, -0.2) is 8.78 Å². The Morgan fingerprint density at radius 2 is 1.87 bits per heavy atom. The van der Waals surface area contributed by atoms with E-state index in [2.05, 4.69) is 0 Å². The Morgan fingerprint density at radius 1 is 1.26 bits per heavy atom. The molecule has 0 radical (unpaired) electrons. The van der Waals surface area contributed by atoms with Crippen LogP contribution >= 0.6 is 23.2 Å². The number of aliphatic hydroxyl groups is 3. The highest BCUT2D eigenvalue weighted by Crippen LogP contribution is 2.73. The second-order valence-corrected chi connectivity index (χ2v) is 11.6. The summed E-state index contributed by atoms with van der Waals surface area (Å²) in [6.07, 6.45) is 0.0639. The maximum atomic E-state index is 17.1. The van der Waals surface area contributed by atoms with Crippen LogP contribution in [0.5, 0.6) is 0 Å².